The summed E-state index contributed by atoms with van der Waals surface area (Å²) in [6.45, 7) is 4.40. The largest absolute Gasteiger partial charge is 0.469 e. The molecule has 0 spiro atoms. The van der Waals surface area contributed by atoms with E-state index in [9.17, 15) is 0 Å². The van der Waals surface area contributed by atoms with Crippen LogP contribution in [0.4, 0.5) is 0 Å². The van der Waals surface area contributed by atoms with Gasteiger partial charge in [-0.2, -0.15) is 0 Å². The lowest BCUT2D eigenvalue weighted by Gasteiger charge is -2.13. The van der Waals surface area contributed by atoms with Crippen molar-refractivity contribution in [1.29, 1.82) is 0 Å². The SMILES string of the molecule is CC(C)c1ccc(C(N)CCc2ccco2)cc1. The van der Waals surface area contributed by atoms with Crippen LogP contribution < -0.4 is 5.73 Å². The molecule has 96 valence electrons. The molecule has 2 aromatic rings. The minimum atomic E-state index is 0.0799. The van der Waals surface area contributed by atoms with Gasteiger partial charge in [0.1, 0.15) is 5.76 Å². The Morgan fingerprint density at radius 1 is 1.06 bits per heavy atom. The molecule has 0 saturated heterocycles. The van der Waals surface area contributed by atoms with Crippen molar-refractivity contribution in [3.63, 3.8) is 0 Å². The Morgan fingerprint density at radius 3 is 2.28 bits per heavy atom. The number of hydrogen-bond donors (Lipinski definition) is 1. The van der Waals surface area contributed by atoms with E-state index < -0.39 is 0 Å². The third kappa shape index (κ3) is 3.23. The zero-order valence-electron chi connectivity index (χ0n) is 11.1. The minimum absolute atomic E-state index is 0.0799. The van der Waals surface area contributed by atoms with Crippen LogP contribution in [-0.2, 0) is 6.42 Å². The Labute approximate surface area is 109 Å². The molecule has 2 nitrogen and oxygen atoms in total. The lowest BCUT2D eigenvalue weighted by atomic mass is 9.97. The van der Waals surface area contributed by atoms with Gasteiger partial charge in [0.05, 0.1) is 6.26 Å². The zero-order chi connectivity index (χ0) is 13.0. The number of aryl methyl sites for hydroxylation is 1. The molecule has 18 heavy (non-hydrogen) atoms. The van der Waals surface area contributed by atoms with E-state index in [4.69, 9.17) is 10.2 Å². The van der Waals surface area contributed by atoms with Crippen LogP contribution in [0.3, 0.4) is 0 Å². The summed E-state index contributed by atoms with van der Waals surface area (Å²) in [7, 11) is 0. The summed E-state index contributed by atoms with van der Waals surface area (Å²) >= 11 is 0. The molecule has 1 aromatic carbocycles. The second-order valence-electron chi connectivity index (χ2n) is 5.05. The second kappa shape index (κ2) is 5.87. The summed E-state index contributed by atoms with van der Waals surface area (Å²) in [6.07, 6.45) is 3.51. The van der Waals surface area contributed by atoms with Gasteiger partial charge in [-0.1, -0.05) is 38.1 Å². The van der Waals surface area contributed by atoms with Crippen LogP contribution in [0.15, 0.2) is 47.1 Å². The predicted octanol–water partition coefficient (Wildman–Crippen LogP) is 4.04. The highest BCUT2D eigenvalue weighted by Gasteiger charge is 2.08. The first-order valence-corrected chi connectivity index (χ1v) is 6.54. The molecule has 2 heteroatoms. The smallest absolute Gasteiger partial charge is 0.103 e. The fraction of sp³-hybridized carbons (Fsp3) is 0.375. The molecule has 0 aliphatic carbocycles. The van der Waals surface area contributed by atoms with Crippen molar-refractivity contribution >= 4 is 0 Å². The first kappa shape index (κ1) is 12.9. The molecule has 0 aliphatic rings. The van der Waals surface area contributed by atoms with Gasteiger partial charge in [-0.25, -0.2) is 0 Å². The normalized spacial score (nSPS) is 12.9. The quantitative estimate of drug-likeness (QED) is 0.861. The molecule has 1 heterocycles. The molecule has 0 bridgehead atoms. The van der Waals surface area contributed by atoms with Gasteiger partial charge >= 0.3 is 0 Å². The van der Waals surface area contributed by atoms with E-state index in [1.165, 1.54) is 11.1 Å². The fourth-order valence-corrected chi connectivity index (χ4v) is 2.05. The molecule has 0 aliphatic heterocycles. The molecule has 2 rings (SSSR count). The standard InChI is InChI=1S/C16H21NO/c1-12(2)13-5-7-14(8-6-13)16(17)10-9-15-4-3-11-18-15/h3-8,11-12,16H,9-10,17H2,1-2H3. The van der Waals surface area contributed by atoms with Gasteiger partial charge in [0.2, 0.25) is 0 Å². The van der Waals surface area contributed by atoms with Crippen molar-refractivity contribution in [2.45, 2.75) is 38.6 Å². The minimum Gasteiger partial charge on any atom is -0.469 e. The van der Waals surface area contributed by atoms with Crippen molar-refractivity contribution in [1.82, 2.24) is 0 Å². The zero-order valence-corrected chi connectivity index (χ0v) is 11.1. The average Bonchev–Trinajstić information content (AvgIpc) is 2.89. The van der Waals surface area contributed by atoms with Crippen LogP contribution in [0, 0.1) is 0 Å². The van der Waals surface area contributed by atoms with E-state index in [1.807, 2.05) is 12.1 Å². The predicted molar refractivity (Wildman–Crippen MR) is 74.5 cm³/mol. The van der Waals surface area contributed by atoms with Gasteiger partial charge in [0, 0.05) is 12.5 Å². The van der Waals surface area contributed by atoms with Crippen LogP contribution in [0.2, 0.25) is 0 Å². The molecule has 2 N–H and O–H groups in total. The molecule has 1 unspecified atom stereocenters. The molecular weight excluding hydrogens is 222 g/mol. The van der Waals surface area contributed by atoms with E-state index in [2.05, 4.69) is 38.1 Å². The lowest BCUT2D eigenvalue weighted by molar-refractivity contribution is 0.488. The van der Waals surface area contributed by atoms with Gasteiger partial charge in [-0.3, -0.25) is 0 Å². The Bertz CT molecular complexity index is 456. The molecule has 0 saturated carbocycles. The maximum atomic E-state index is 6.20. The lowest BCUT2D eigenvalue weighted by Crippen LogP contribution is -2.11. The van der Waals surface area contributed by atoms with E-state index in [-0.39, 0.29) is 6.04 Å². The van der Waals surface area contributed by atoms with Gasteiger partial charge in [-0.15, -0.1) is 0 Å². The van der Waals surface area contributed by atoms with Crippen LogP contribution >= 0.6 is 0 Å². The summed E-state index contributed by atoms with van der Waals surface area (Å²) in [5.74, 6) is 1.57. The van der Waals surface area contributed by atoms with Crippen LogP contribution in [0.5, 0.6) is 0 Å². The van der Waals surface area contributed by atoms with Crippen molar-refractivity contribution in [2.75, 3.05) is 0 Å². The van der Waals surface area contributed by atoms with Crippen molar-refractivity contribution in [2.24, 2.45) is 5.73 Å². The molecule has 0 amide bonds. The summed E-state index contributed by atoms with van der Waals surface area (Å²) in [5, 5.41) is 0. The Kier molecular flexibility index (Phi) is 4.21. The first-order chi connectivity index (χ1) is 8.66. The topological polar surface area (TPSA) is 39.2 Å². The third-order valence-corrected chi connectivity index (χ3v) is 3.31. The second-order valence-corrected chi connectivity index (χ2v) is 5.05. The molecule has 1 aromatic heterocycles. The maximum absolute atomic E-state index is 6.20. The Hall–Kier alpha value is -1.54. The molecule has 0 fully saturated rings. The van der Waals surface area contributed by atoms with Gasteiger partial charge in [-0.05, 0) is 35.6 Å². The number of rotatable bonds is 5. The third-order valence-electron chi connectivity index (χ3n) is 3.31. The summed E-state index contributed by atoms with van der Waals surface area (Å²) < 4.78 is 5.31. The fourth-order valence-electron chi connectivity index (χ4n) is 2.05. The van der Waals surface area contributed by atoms with Crippen LogP contribution in [-0.4, -0.2) is 0 Å². The van der Waals surface area contributed by atoms with E-state index in [1.54, 1.807) is 6.26 Å². The molecule has 1 atom stereocenters. The van der Waals surface area contributed by atoms with Crippen LogP contribution in [0.1, 0.15) is 49.1 Å². The van der Waals surface area contributed by atoms with Gasteiger partial charge < -0.3 is 10.2 Å². The number of benzene rings is 1. The monoisotopic (exact) mass is 243 g/mol. The van der Waals surface area contributed by atoms with Crippen molar-refractivity contribution in [3.8, 4) is 0 Å². The highest BCUT2D eigenvalue weighted by molar-refractivity contribution is 5.26. The summed E-state index contributed by atoms with van der Waals surface area (Å²) in [5.41, 5.74) is 8.75. The first-order valence-electron chi connectivity index (χ1n) is 6.54. The van der Waals surface area contributed by atoms with Gasteiger partial charge in [0.25, 0.3) is 0 Å². The van der Waals surface area contributed by atoms with E-state index in [0.29, 0.717) is 5.92 Å². The van der Waals surface area contributed by atoms with Gasteiger partial charge in [0.15, 0.2) is 0 Å². The molecular formula is C16H21NO. The summed E-state index contributed by atoms with van der Waals surface area (Å²) in [4.78, 5) is 0. The summed E-state index contributed by atoms with van der Waals surface area (Å²) in [6, 6.07) is 12.6. The highest BCUT2D eigenvalue weighted by Crippen LogP contribution is 2.20. The maximum Gasteiger partial charge on any atom is 0.103 e. The molecule has 0 radical (unpaired) electrons. The average molecular weight is 243 g/mol. The van der Waals surface area contributed by atoms with Crippen molar-refractivity contribution < 1.29 is 4.42 Å². The van der Waals surface area contributed by atoms with Crippen LogP contribution in [0.25, 0.3) is 0 Å². The number of nitrogens with two attached hydrogens (primary N) is 1. The number of hydrogen-bond acceptors (Lipinski definition) is 2. The number of furan rings is 1. The highest BCUT2D eigenvalue weighted by atomic mass is 16.3. The Balaban J connectivity index is 1.94. The van der Waals surface area contributed by atoms with Crippen molar-refractivity contribution in [3.05, 3.63) is 59.5 Å². The van der Waals surface area contributed by atoms with E-state index >= 15 is 0 Å². The Morgan fingerprint density at radius 2 is 1.72 bits per heavy atom. The van der Waals surface area contributed by atoms with E-state index in [0.717, 1.165) is 18.6 Å².